The van der Waals surface area contributed by atoms with Gasteiger partial charge in [-0.3, -0.25) is 4.79 Å². The molecule has 0 bridgehead atoms. The van der Waals surface area contributed by atoms with Gasteiger partial charge in [0.2, 0.25) is 0 Å². The average molecular weight is 381 g/mol. The van der Waals surface area contributed by atoms with E-state index in [1.54, 1.807) is 0 Å². The number of hydrogen-bond acceptors (Lipinski definition) is 5. The van der Waals surface area contributed by atoms with E-state index in [-0.39, 0.29) is 12.5 Å². The Morgan fingerprint density at radius 3 is 2.57 bits per heavy atom. The van der Waals surface area contributed by atoms with Crippen molar-refractivity contribution in [1.82, 2.24) is 5.43 Å². The fraction of sp³-hybridized carbons (Fsp3) is 0.364. The smallest absolute Gasteiger partial charge is 0.277 e. The van der Waals surface area contributed by atoms with E-state index in [1.807, 2.05) is 51.1 Å². The van der Waals surface area contributed by atoms with E-state index in [1.165, 1.54) is 5.69 Å². The topological polar surface area (TPSA) is 63.2 Å². The normalized spacial score (nSPS) is 14.7. The summed E-state index contributed by atoms with van der Waals surface area (Å²) in [5, 5.41) is 4.19. The highest BCUT2D eigenvalue weighted by Gasteiger charge is 2.11. The molecule has 1 heterocycles. The minimum absolute atomic E-state index is 0.0724. The third kappa shape index (κ3) is 5.33. The summed E-state index contributed by atoms with van der Waals surface area (Å²) in [4.78, 5) is 14.3. The molecule has 0 aliphatic carbocycles. The zero-order valence-corrected chi connectivity index (χ0v) is 16.7. The van der Waals surface area contributed by atoms with Crippen molar-refractivity contribution in [1.29, 1.82) is 0 Å². The van der Waals surface area contributed by atoms with E-state index in [9.17, 15) is 4.79 Å². The van der Waals surface area contributed by atoms with Gasteiger partial charge in [-0.05, 0) is 55.7 Å². The molecule has 0 atom stereocenters. The maximum Gasteiger partial charge on any atom is 0.277 e. The third-order valence-corrected chi connectivity index (χ3v) is 4.71. The molecule has 3 rings (SSSR count). The standard InChI is InChI=1S/C22H27N3O3/c1-16-4-5-17(2)21(14-16)28-15-22(26)24-23-18(3)19-6-8-20(9-7-19)25-10-12-27-13-11-25/h4-9,14H,10-13,15H2,1-3H3,(H,24,26)/b23-18-. The molecule has 0 aromatic heterocycles. The lowest BCUT2D eigenvalue weighted by molar-refractivity contribution is -0.123. The molecule has 6 heteroatoms. The first-order valence-corrected chi connectivity index (χ1v) is 9.49. The second-order valence-corrected chi connectivity index (χ2v) is 6.94. The molecule has 1 saturated heterocycles. The van der Waals surface area contributed by atoms with E-state index >= 15 is 0 Å². The molecule has 1 aliphatic heterocycles. The number of nitrogens with one attached hydrogen (secondary N) is 1. The van der Waals surface area contributed by atoms with Gasteiger partial charge in [-0.15, -0.1) is 0 Å². The van der Waals surface area contributed by atoms with Crippen LogP contribution in [0.2, 0.25) is 0 Å². The van der Waals surface area contributed by atoms with Crippen LogP contribution in [-0.4, -0.2) is 44.5 Å². The molecule has 28 heavy (non-hydrogen) atoms. The number of benzene rings is 2. The van der Waals surface area contributed by atoms with Gasteiger partial charge in [0.05, 0.1) is 18.9 Å². The Kier molecular flexibility index (Phi) is 6.66. The predicted octanol–water partition coefficient (Wildman–Crippen LogP) is 3.06. The van der Waals surface area contributed by atoms with Crippen LogP contribution < -0.4 is 15.1 Å². The van der Waals surface area contributed by atoms with Crippen LogP contribution in [0.3, 0.4) is 0 Å². The molecular weight excluding hydrogens is 354 g/mol. The van der Waals surface area contributed by atoms with Crippen molar-refractivity contribution in [2.75, 3.05) is 37.8 Å². The van der Waals surface area contributed by atoms with Crippen LogP contribution in [-0.2, 0) is 9.53 Å². The lowest BCUT2D eigenvalue weighted by Crippen LogP contribution is -2.36. The molecule has 1 N–H and O–H groups in total. The number of carbonyl (C=O) groups is 1. The van der Waals surface area contributed by atoms with Gasteiger partial charge in [0, 0.05) is 18.8 Å². The third-order valence-electron chi connectivity index (χ3n) is 4.71. The molecule has 2 aromatic carbocycles. The lowest BCUT2D eigenvalue weighted by Gasteiger charge is -2.28. The van der Waals surface area contributed by atoms with Crippen LogP contribution in [0.15, 0.2) is 47.6 Å². The monoisotopic (exact) mass is 381 g/mol. The number of hydrazone groups is 1. The number of aryl methyl sites for hydroxylation is 2. The van der Waals surface area contributed by atoms with Gasteiger partial charge in [-0.2, -0.15) is 5.10 Å². The predicted molar refractivity (Wildman–Crippen MR) is 111 cm³/mol. The molecule has 0 spiro atoms. The van der Waals surface area contributed by atoms with E-state index in [0.29, 0.717) is 0 Å². The Hall–Kier alpha value is -2.86. The molecule has 0 unspecified atom stereocenters. The zero-order chi connectivity index (χ0) is 19.9. The van der Waals surface area contributed by atoms with E-state index < -0.39 is 0 Å². The van der Waals surface area contributed by atoms with Crippen molar-refractivity contribution >= 4 is 17.3 Å². The molecular formula is C22H27N3O3. The molecule has 6 nitrogen and oxygen atoms in total. The van der Waals surface area contributed by atoms with Crippen LogP contribution in [0.5, 0.6) is 5.75 Å². The van der Waals surface area contributed by atoms with Crippen LogP contribution in [0, 0.1) is 13.8 Å². The van der Waals surface area contributed by atoms with Gasteiger partial charge in [0.15, 0.2) is 6.61 Å². The summed E-state index contributed by atoms with van der Waals surface area (Å²) in [6.45, 7) is 9.08. The Morgan fingerprint density at radius 2 is 1.86 bits per heavy atom. The summed E-state index contributed by atoms with van der Waals surface area (Å²) in [6, 6.07) is 14.1. The molecule has 1 amide bonds. The molecule has 0 saturated carbocycles. The van der Waals surface area contributed by atoms with Gasteiger partial charge in [-0.25, -0.2) is 5.43 Å². The molecule has 1 aliphatic rings. The van der Waals surface area contributed by atoms with Crippen molar-refractivity contribution in [3.05, 3.63) is 59.2 Å². The van der Waals surface area contributed by atoms with Crippen molar-refractivity contribution < 1.29 is 14.3 Å². The Balaban J connectivity index is 1.53. The van der Waals surface area contributed by atoms with Gasteiger partial charge in [-0.1, -0.05) is 24.3 Å². The first kappa shape index (κ1) is 19.9. The molecule has 148 valence electrons. The summed E-state index contributed by atoms with van der Waals surface area (Å²) >= 11 is 0. The second-order valence-electron chi connectivity index (χ2n) is 6.94. The van der Waals surface area contributed by atoms with Crippen LogP contribution in [0.4, 0.5) is 5.69 Å². The minimum atomic E-state index is -0.287. The molecule has 2 aromatic rings. The van der Waals surface area contributed by atoms with E-state index in [2.05, 4.69) is 27.6 Å². The van der Waals surface area contributed by atoms with Gasteiger partial charge >= 0.3 is 0 Å². The van der Waals surface area contributed by atoms with Gasteiger partial charge < -0.3 is 14.4 Å². The van der Waals surface area contributed by atoms with Crippen molar-refractivity contribution in [2.45, 2.75) is 20.8 Å². The van der Waals surface area contributed by atoms with Crippen molar-refractivity contribution in [2.24, 2.45) is 5.10 Å². The number of amides is 1. The fourth-order valence-electron chi connectivity index (χ4n) is 2.98. The zero-order valence-electron chi connectivity index (χ0n) is 16.7. The average Bonchev–Trinajstić information content (AvgIpc) is 2.73. The van der Waals surface area contributed by atoms with Crippen LogP contribution in [0.25, 0.3) is 0 Å². The van der Waals surface area contributed by atoms with E-state index in [0.717, 1.165) is 54.5 Å². The summed E-state index contributed by atoms with van der Waals surface area (Å²) in [5.74, 6) is 0.430. The summed E-state index contributed by atoms with van der Waals surface area (Å²) < 4.78 is 11.0. The fourth-order valence-corrected chi connectivity index (χ4v) is 2.98. The maximum absolute atomic E-state index is 12.0. The highest BCUT2D eigenvalue weighted by molar-refractivity contribution is 5.99. The number of carbonyl (C=O) groups excluding carboxylic acids is 1. The first-order valence-electron chi connectivity index (χ1n) is 9.49. The minimum Gasteiger partial charge on any atom is -0.483 e. The largest absolute Gasteiger partial charge is 0.483 e. The number of anilines is 1. The number of morpholine rings is 1. The SMILES string of the molecule is C/C(=N/NC(=O)COc1cc(C)ccc1C)c1ccc(N2CCOCC2)cc1. The number of rotatable bonds is 6. The quantitative estimate of drug-likeness (QED) is 0.617. The number of hydrogen-bond donors (Lipinski definition) is 1. The van der Waals surface area contributed by atoms with E-state index in [4.69, 9.17) is 9.47 Å². The Bertz CT molecular complexity index is 841. The highest BCUT2D eigenvalue weighted by Crippen LogP contribution is 2.19. The van der Waals surface area contributed by atoms with Gasteiger partial charge in [0.25, 0.3) is 5.91 Å². The lowest BCUT2D eigenvalue weighted by atomic mass is 10.1. The summed E-state index contributed by atoms with van der Waals surface area (Å²) in [7, 11) is 0. The highest BCUT2D eigenvalue weighted by atomic mass is 16.5. The van der Waals surface area contributed by atoms with Crippen LogP contribution >= 0.6 is 0 Å². The molecule has 1 fully saturated rings. The Labute approximate surface area is 166 Å². The Morgan fingerprint density at radius 1 is 1.14 bits per heavy atom. The summed E-state index contributed by atoms with van der Waals surface area (Å²) in [6.07, 6.45) is 0. The maximum atomic E-state index is 12.0. The van der Waals surface area contributed by atoms with Crippen molar-refractivity contribution in [3.63, 3.8) is 0 Å². The van der Waals surface area contributed by atoms with Crippen molar-refractivity contribution in [3.8, 4) is 5.75 Å². The summed E-state index contributed by atoms with van der Waals surface area (Å²) in [5.41, 5.74) is 7.53. The van der Waals surface area contributed by atoms with Crippen LogP contribution in [0.1, 0.15) is 23.6 Å². The number of nitrogens with zero attached hydrogens (tertiary/aromatic N) is 2. The molecule has 0 radical (unpaired) electrons. The van der Waals surface area contributed by atoms with Gasteiger partial charge in [0.1, 0.15) is 5.75 Å². The first-order chi connectivity index (χ1) is 13.5. The second kappa shape index (κ2) is 9.37. The number of ether oxygens (including phenoxy) is 2.